The molecular formula is C18H25BrN4O3. The molecule has 3 amide bonds. The summed E-state index contributed by atoms with van der Waals surface area (Å²) < 4.78 is 0.948. The summed E-state index contributed by atoms with van der Waals surface area (Å²) in [4.78, 5) is 37.8. The van der Waals surface area contributed by atoms with Crippen molar-refractivity contribution in [1.82, 2.24) is 15.5 Å². The lowest BCUT2D eigenvalue weighted by molar-refractivity contribution is -0.129. The molecule has 1 heterocycles. The SMILES string of the molecule is Cc1cc(Br)ccc1NC(=O)CN(C)CC(=O)NC1CCCCNC1=O. The van der Waals surface area contributed by atoms with E-state index in [1.165, 1.54) is 0 Å². The Kier molecular flexibility index (Phi) is 7.59. The van der Waals surface area contributed by atoms with E-state index in [4.69, 9.17) is 0 Å². The van der Waals surface area contributed by atoms with Crippen molar-refractivity contribution in [2.24, 2.45) is 0 Å². The van der Waals surface area contributed by atoms with E-state index in [0.29, 0.717) is 13.0 Å². The molecule has 1 fully saturated rings. The zero-order valence-electron chi connectivity index (χ0n) is 15.1. The fourth-order valence-corrected chi connectivity index (χ4v) is 3.30. The third-order valence-corrected chi connectivity index (χ3v) is 4.65. The van der Waals surface area contributed by atoms with E-state index >= 15 is 0 Å². The normalized spacial score (nSPS) is 17.4. The molecule has 26 heavy (non-hydrogen) atoms. The van der Waals surface area contributed by atoms with Crippen LogP contribution in [0.1, 0.15) is 24.8 Å². The smallest absolute Gasteiger partial charge is 0.242 e. The van der Waals surface area contributed by atoms with Crippen molar-refractivity contribution >= 4 is 39.3 Å². The van der Waals surface area contributed by atoms with Gasteiger partial charge in [-0.25, -0.2) is 0 Å². The van der Waals surface area contributed by atoms with Gasteiger partial charge >= 0.3 is 0 Å². The van der Waals surface area contributed by atoms with Gasteiger partial charge in [-0.2, -0.15) is 0 Å². The summed E-state index contributed by atoms with van der Waals surface area (Å²) in [7, 11) is 1.70. The highest BCUT2D eigenvalue weighted by Crippen LogP contribution is 2.19. The van der Waals surface area contributed by atoms with Crippen LogP contribution in [0.4, 0.5) is 5.69 Å². The van der Waals surface area contributed by atoms with Crippen LogP contribution in [0.2, 0.25) is 0 Å². The number of carbonyl (C=O) groups excluding carboxylic acids is 3. The van der Waals surface area contributed by atoms with Gasteiger partial charge in [0.25, 0.3) is 0 Å². The lowest BCUT2D eigenvalue weighted by Gasteiger charge is -2.19. The van der Waals surface area contributed by atoms with Crippen LogP contribution in [0, 0.1) is 6.92 Å². The minimum absolute atomic E-state index is 0.0521. The molecule has 1 atom stereocenters. The van der Waals surface area contributed by atoms with Crippen LogP contribution in [0.15, 0.2) is 22.7 Å². The summed E-state index contributed by atoms with van der Waals surface area (Å²) in [5.74, 6) is -0.595. The molecule has 0 spiro atoms. The topological polar surface area (TPSA) is 90.5 Å². The standard InChI is InChI=1S/C18H25BrN4O3/c1-12-9-13(19)6-7-14(12)21-16(24)10-23(2)11-17(25)22-15-5-3-4-8-20-18(15)26/h6-7,9,15H,3-5,8,10-11H2,1-2H3,(H,20,26)(H,21,24)(H,22,25). The first-order valence-electron chi connectivity index (χ1n) is 8.67. The molecule has 3 N–H and O–H groups in total. The van der Waals surface area contributed by atoms with Crippen LogP contribution in [-0.4, -0.2) is 55.3 Å². The van der Waals surface area contributed by atoms with Gasteiger partial charge in [0.1, 0.15) is 6.04 Å². The maximum atomic E-state index is 12.2. The van der Waals surface area contributed by atoms with Crippen molar-refractivity contribution in [3.05, 3.63) is 28.2 Å². The molecule has 0 saturated carbocycles. The average Bonchev–Trinajstić information content (AvgIpc) is 2.74. The van der Waals surface area contributed by atoms with Crippen LogP contribution < -0.4 is 16.0 Å². The summed E-state index contributed by atoms with van der Waals surface area (Å²) in [6.45, 7) is 2.70. The van der Waals surface area contributed by atoms with E-state index in [1.54, 1.807) is 11.9 Å². The van der Waals surface area contributed by atoms with Gasteiger partial charge in [0, 0.05) is 16.7 Å². The number of halogens is 1. The zero-order valence-corrected chi connectivity index (χ0v) is 16.7. The molecule has 0 radical (unpaired) electrons. The second-order valence-corrected chi connectivity index (χ2v) is 7.50. The van der Waals surface area contributed by atoms with Crippen LogP contribution in [-0.2, 0) is 14.4 Å². The predicted molar refractivity (Wildman–Crippen MR) is 104 cm³/mol. The van der Waals surface area contributed by atoms with Gasteiger partial charge < -0.3 is 16.0 Å². The Morgan fingerprint density at radius 3 is 2.73 bits per heavy atom. The molecule has 1 aromatic rings. The fourth-order valence-electron chi connectivity index (χ4n) is 2.82. The number of likely N-dealkylation sites (N-methyl/N-ethyl adjacent to an activating group) is 1. The number of anilines is 1. The monoisotopic (exact) mass is 424 g/mol. The second kappa shape index (κ2) is 9.68. The quantitative estimate of drug-likeness (QED) is 0.643. The molecule has 1 saturated heterocycles. The zero-order chi connectivity index (χ0) is 19.1. The van der Waals surface area contributed by atoms with Gasteiger partial charge in [0.2, 0.25) is 17.7 Å². The van der Waals surface area contributed by atoms with Gasteiger partial charge in [-0.1, -0.05) is 15.9 Å². The molecule has 0 bridgehead atoms. The Balaban J connectivity index is 1.79. The summed E-state index contributed by atoms with van der Waals surface area (Å²) >= 11 is 3.39. The number of carbonyl (C=O) groups is 3. The molecule has 1 aromatic carbocycles. The summed E-state index contributed by atoms with van der Waals surface area (Å²) in [5.41, 5.74) is 1.69. The molecule has 0 aliphatic carbocycles. The van der Waals surface area contributed by atoms with Crippen LogP contribution in [0.5, 0.6) is 0 Å². The number of hydrogen-bond donors (Lipinski definition) is 3. The minimum atomic E-state index is -0.488. The maximum Gasteiger partial charge on any atom is 0.242 e. The van der Waals surface area contributed by atoms with Gasteiger partial charge in [-0.3, -0.25) is 19.3 Å². The maximum absolute atomic E-state index is 12.2. The van der Waals surface area contributed by atoms with Gasteiger partial charge in [-0.05, 0) is 57.0 Å². The Labute approximate surface area is 162 Å². The average molecular weight is 425 g/mol. The van der Waals surface area contributed by atoms with Crippen molar-refractivity contribution < 1.29 is 14.4 Å². The van der Waals surface area contributed by atoms with Crippen LogP contribution in [0.25, 0.3) is 0 Å². The van der Waals surface area contributed by atoms with Gasteiger partial charge in [0.15, 0.2) is 0 Å². The van der Waals surface area contributed by atoms with Gasteiger partial charge in [0.05, 0.1) is 13.1 Å². The van der Waals surface area contributed by atoms with Crippen molar-refractivity contribution in [2.45, 2.75) is 32.2 Å². The van der Waals surface area contributed by atoms with E-state index in [2.05, 4.69) is 31.9 Å². The number of amides is 3. The second-order valence-electron chi connectivity index (χ2n) is 6.59. The van der Waals surface area contributed by atoms with Crippen molar-refractivity contribution in [2.75, 3.05) is 32.0 Å². The molecule has 142 valence electrons. The third kappa shape index (κ3) is 6.42. The Morgan fingerprint density at radius 1 is 1.27 bits per heavy atom. The van der Waals surface area contributed by atoms with E-state index in [0.717, 1.165) is 28.6 Å². The molecular weight excluding hydrogens is 400 g/mol. The van der Waals surface area contributed by atoms with Crippen LogP contribution in [0.3, 0.4) is 0 Å². The lowest BCUT2D eigenvalue weighted by atomic mass is 10.1. The first-order chi connectivity index (χ1) is 12.3. The highest BCUT2D eigenvalue weighted by Gasteiger charge is 2.23. The number of rotatable bonds is 6. The first kappa shape index (κ1) is 20.4. The van der Waals surface area contributed by atoms with E-state index in [9.17, 15) is 14.4 Å². The Bertz CT molecular complexity index is 680. The third-order valence-electron chi connectivity index (χ3n) is 4.16. The Morgan fingerprint density at radius 2 is 2.00 bits per heavy atom. The van der Waals surface area contributed by atoms with Crippen molar-refractivity contribution in [1.29, 1.82) is 0 Å². The number of nitrogens with one attached hydrogen (secondary N) is 3. The van der Waals surface area contributed by atoms with E-state index in [1.807, 2.05) is 25.1 Å². The van der Waals surface area contributed by atoms with Crippen LogP contribution >= 0.6 is 15.9 Å². The Hall–Kier alpha value is -1.93. The molecule has 8 heteroatoms. The lowest BCUT2D eigenvalue weighted by Crippen LogP contribution is -2.48. The molecule has 1 unspecified atom stereocenters. The van der Waals surface area contributed by atoms with Crippen molar-refractivity contribution in [3.8, 4) is 0 Å². The molecule has 1 aliphatic heterocycles. The molecule has 1 aliphatic rings. The molecule has 7 nitrogen and oxygen atoms in total. The highest BCUT2D eigenvalue weighted by molar-refractivity contribution is 9.10. The summed E-state index contributed by atoms with van der Waals surface area (Å²) in [5, 5.41) is 8.38. The number of aryl methyl sites for hydroxylation is 1. The predicted octanol–water partition coefficient (Wildman–Crippen LogP) is 1.41. The minimum Gasteiger partial charge on any atom is -0.354 e. The fraction of sp³-hybridized carbons (Fsp3) is 0.500. The number of hydrogen-bond acceptors (Lipinski definition) is 4. The summed E-state index contributed by atoms with van der Waals surface area (Å²) in [6, 6.07) is 5.12. The van der Waals surface area contributed by atoms with E-state index in [-0.39, 0.29) is 30.8 Å². The van der Waals surface area contributed by atoms with Gasteiger partial charge in [-0.15, -0.1) is 0 Å². The number of nitrogens with zero attached hydrogens (tertiary/aromatic N) is 1. The number of benzene rings is 1. The largest absolute Gasteiger partial charge is 0.354 e. The van der Waals surface area contributed by atoms with E-state index < -0.39 is 6.04 Å². The van der Waals surface area contributed by atoms with Crippen molar-refractivity contribution in [3.63, 3.8) is 0 Å². The molecule has 2 rings (SSSR count). The molecule has 0 aromatic heterocycles. The summed E-state index contributed by atoms with van der Waals surface area (Å²) in [6.07, 6.45) is 2.47. The first-order valence-corrected chi connectivity index (χ1v) is 9.46. The highest BCUT2D eigenvalue weighted by atomic mass is 79.9.